The van der Waals surface area contributed by atoms with E-state index in [9.17, 15) is 9.59 Å². The third-order valence-corrected chi connectivity index (χ3v) is 5.31. The van der Waals surface area contributed by atoms with Gasteiger partial charge in [-0.15, -0.1) is 0 Å². The van der Waals surface area contributed by atoms with Crippen LogP contribution in [0.5, 0.6) is 0 Å². The summed E-state index contributed by atoms with van der Waals surface area (Å²) in [6.07, 6.45) is 5.26. The first-order valence-corrected chi connectivity index (χ1v) is 8.95. The van der Waals surface area contributed by atoms with Gasteiger partial charge in [-0.2, -0.15) is 0 Å². The highest BCUT2D eigenvalue weighted by Gasteiger charge is 2.32. The van der Waals surface area contributed by atoms with Gasteiger partial charge in [-0.05, 0) is 50.0 Å². The van der Waals surface area contributed by atoms with Gasteiger partial charge in [0.05, 0.1) is 5.92 Å². The number of carboxylic acids is 1. The molecule has 0 saturated heterocycles. The molecule has 1 atom stereocenters. The predicted molar refractivity (Wildman–Crippen MR) is 91.8 cm³/mol. The van der Waals surface area contributed by atoms with E-state index in [4.69, 9.17) is 5.11 Å². The molecule has 1 aromatic rings. The molecule has 130 valence electrons. The molecule has 3 rings (SSSR count). The van der Waals surface area contributed by atoms with Crippen LogP contribution in [0.2, 0.25) is 0 Å². The van der Waals surface area contributed by atoms with E-state index in [0.29, 0.717) is 31.2 Å². The van der Waals surface area contributed by atoms with Gasteiger partial charge in [0.1, 0.15) is 0 Å². The molecule has 24 heavy (non-hydrogen) atoms. The highest BCUT2D eigenvalue weighted by molar-refractivity contribution is 5.74. The van der Waals surface area contributed by atoms with Gasteiger partial charge in [0.2, 0.25) is 0 Å². The zero-order valence-electron chi connectivity index (χ0n) is 13.9. The van der Waals surface area contributed by atoms with E-state index in [1.54, 1.807) is 0 Å². The smallest absolute Gasteiger partial charge is 0.315 e. The molecule has 5 nitrogen and oxygen atoms in total. The minimum Gasteiger partial charge on any atom is -0.481 e. The maximum Gasteiger partial charge on any atom is 0.315 e. The summed E-state index contributed by atoms with van der Waals surface area (Å²) in [4.78, 5) is 23.1. The number of rotatable bonds is 6. The number of hydrogen-bond donors (Lipinski definition) is 3. The summed E-state index contributed by atoms with van der Waals surface area (Å²) in [5.74, 6) is 0.106. The Morgan fingerprint density at radius 1 is 1.04 bits per heavy atom. The molecule has 0 aliphatic heterocycles. The minimum absolute atomic E-state index is 0.0942. The van der Waals surface area contributed by atoms with Gasteiger partial charge in [0.15, 0.2) is 0 Å². The van der Waals surface area contributed by atoms with Crippen molar-refractivity contribution in [1.29, 1.82) is 0 Å². The zero-order chi connectivity index (χ0) is 16.9. The van der Waals surface area contributed by atoms with E-state index in [-0.39, 0.29) is 18.0 Å². The van der Waals surface area contributed by atoms with Crippen LogP contribution >= 0.6 is 0 Å². The molecule has 0 bridgehead atoms. The zero-order valence-corrected chi connectivity index (χ0v) is 13.9. The summed E-state index contributed by atoms with van der Waals surface area (Å²) in [5.41, 5.74) is 1.29. The maximum atomic E-state index is 12.2. The van der Waals surface area contributed by atoms with E-state index in [2.05, 4.69) is 22.8 Å². The molecule has 5 heteroatoms. The summed E-state index contributed by atoms with van der Waals surface area (Å²) in [6, 6.07) is 10.3. The molecule has 2 aliphatic carbocycles. The summed E-state index contributed by atoms with van der Waals surface area (Å²) in [6.45, 7) is 0.658. The fraction of sp³-hybridized carbons (Fsp3) is 0.579. The molecule has 2 amide bonds. The number of carbonyl (C=O) groups is 2. The number of hydrogen-bond acceptors (Lipinski definition) is 2. The molecule has 2 saturated carbocycles. The lowest BCUT2D eigenvalue weighted by molar-refractivity contribution is -0.142. The van der Waals surface area contributed by atoms with E-state index in [1.165, 1.54) is 18.4 Å². The Morgan fingerprint density at radius 2 is 1.71 bits per heavy atom. The van der Waals surface area contributed by atoms with Gasteiger partial charge < -0.3 is 15.7 Å². The number of carboxylic acid groups (broad SMARTS) is 1. The van der Waals surface area contributed by atoms with Crippen LogP contribution in [-0.2, 0) is 4.79 Å². The fourth-order valence-electron chi connectivity index (χ4n) is 3.68. The van der Waals surface area contributed by atoms with Crippen molar-refractivity contribution in [2.45, 2.75) is 50.5 Å². The highest BCUT2D eigenvalue weighted by Crippen LogP contribution is 2.42. The normalized spacial score (nSPS) is 24.8. The van der Waals surface area contributed by atoms with Crippen molar-refractivity contribution in [2.75, 3.05) is 6.54 Å². The Bertz CT molecular complexity index is 563. The van der Waals surface area contributed by atoms with Crippen LogP contribution in [0.1, 0.15) is 50.0 Å². The van der Waals surface area contributed by atoms with E-state index < -0.39 is 5.97 Å². The van der Waals surface area contributed by atoms with E-state index in [1.807, 2.05) is 18.2 Å². The van der Waals surface area contributed by atoms with Crippen molar-refractivity contribution < 1.29 is 14.7 Å². The standard InChI is InChI=1S/C19H26N2O3/c22-18(23)15-8-10-16(11-9-15)21-19(24)20-12-17(14-6-7-14)13-4-2-1-3-5-13/h1-5,14-17H,6-12H2,(H,22,23)(H2,20,21,24). The van der Waals surface area contributed by atoms with Crippen LogP contribution in [-0.4, -0.2) is 29.7 Å². The van der Waals surface area contributed by atoms with E-state index in [0.717, 1.165) is 12.8 Å². The summed E-state index contributed by atoms with van der Waals surface area (Å²) >= 11 is 0. The molecular weight excluding hydrogens is 304 g/mol. The number of nitrogens with one attached hydrogen (secondary N) is 2. The van der Waals surface area contributed by atoms with Gasteiger partial charge in [0, 0.05) is 18.5 Å². The molecule has 1 unspecified atom stereocenters. The van der Waals surface area contributed by atoms with Gasteiger partial charge in [-0.3, -0.25) is 4.79 Å². The van der Waals surface area contributed by atoms with Crippen LogP contribution in [0.3, 0.4) is 0 Å². The number of carbonyl (C=O) groups excluding carboxylic acids is 1. The Labute approximate surface area is 142 Å². The lowest BCUT2D eigenvalue weighted by Gasteiger charge is -2.27. The predicted octanol–water partition coefficient (Wildman–Crippen LogP) is 3.12. The van der Waals surface area contributed by atoms with Gasteiger partial charge >= 0.3 is 12.0 Å². The Morgan fingerprint density at radius 3 is 2.29 bits per heavy atom. The molecule has 1 aromatic carbocycles. The second kappa shape index (κ2) is 7.69. The third kappa shape index (κ3) is 4.49. The fourth-order valence-corrected chi connectivity index (χ4v) is 3.68. The number of benzene rings is 1. The van der Waals surface area contributed by atoms with Crippen LogP contribution in [0.4, 0.5) is 4.79 Å². The van der Waals surface area contributed by atoms with Crippen molar-refractivity contribution in [1.82, 2.24) is 10.6 Å². The molecule has 0 radical (unpaired) electrons. The first-order chi connectivity index (χ1) is 11.6. The third-order valence-electron chi connectivity index (χ3n) is 5.31. The average Bonchev–Trinajstić information content (AvgIpc) is 3.41. The molecular formula is C19H26N2O3. The van der Waals surface area contributed by atoms with Crippen LogP contribution < -0.4 is 10.6 Å². The summed E-state index contributed by atoms with van der Waals surface area (Å²) in [5, 5.41) is 15.0. The van der Waals surface area contributed by atoms with Crippen molar-refractivity contribution in [3.8, 4) is 0 Å². The highest BCUT2D eigenvalue weighted by atomic mass is 16.4. The number of amides is 2. The molecule has 0 aromatic heterocycles. The van der Waals surface area contributed by atoms with Crippen molar-refractivity contribution in [3.05, 3.63) is 35.9 Å². The Balaban J connectivity index is 1.44. The Kier molecular flexibility index (Phi) is 5.38. The van der Waals surface area contributed by atoms with Gasteiger partial charge in [-0.25, -0.2) is 4.79 Å². The second-order valence-electron chi connectivity index (χ2n) is 7.10. The largest absolute Gasteiger partial charge is 0.481 e. The molecule has 2 aliphatic rings. The topological polar surface area (TPSA) is 78.4 Å². The minimum atomic E-state index is -0.715. The van der Waals surface area contributed by atoms with Crippen LogP contribution in [0.15, 0.2) is 30.3 Å². The molecule has 0 spiro atoms. The van der Waals surface area contributed by atoms with Crippen LogP contribution in [0.25, 0.3) is 0 Å². The first-order valence-electron chi connectivity index (χ1n) is 8.95. The summed E-state index contributed by atoms with van der Waals surface area (Å²) < 4.78 is 0. The lowest BCUT2D eigenvalue weighted by Crippen LogP contribution is -2.45. The molecule has 0 heterocycles. The average molecular weight is 330 g/mol. The molecule has 2 fully saturated rings. The van der Waals surface area contributed by atoms with E-state index >= 15 is 0 Å². The van der Waals surface area contributed by atoms with Crippen molar-refractivity contribution in [3.63, 3.8) is 0 Å². The Hall–Kier alpha value is -2.04. The van der Waals surface area contributed by atoms with Crippen molar-refractivity contribution >= 4 is 12.0 Å². The lowest BCUT2D eigenvalue weighted by atomic mass is 9.86. The quantitative estimate of drug-likeness (QED) is 0.750. The van der Waals surface area contributed by atoms with Crippen LogP contribution in [0, 0.1) is 11.8 Å². The maximum absolute atomic E-state index is 12.2. The first kappa shape index (κ1) is 16.8. The SMILES string of the molecule is O=C(NCC(c1ccccc1)C1CC1)NC1CCC(C(=O)O)CC1. The number of urea groups is 1. The van der Waals surface area contributed by atoms with Gasteiger partial charge in [0.25, 0.3) is 0 Å². The van der Waals surface area contributed by atoms with Crippen molar-refractivity contribution in [2.24, 2.45) is 11.8 Å². The summed E-state index contributed by atoms with van der Waals surface area (Å²) in [7, 11) is 0. The second-order valence-corrected chi connectivity index (χ2v) is 7.10. The molecule has 3 N–H and O–H groups in total. The number of aliphatic carboxylic acids is 1. The van der Waals surface area contributed by atoms with Gasteiger partial charge in [-0.1, -0.05) is 30.3 Å². The monoisotopic (exact) mass is 330 g/mol.